The monoisotopic (exact) mass is 283 g/mol. The van der Waals surface area contributed by atoms with Crippen molar-refractivity contribution < 1.29 is 8.78 Å². The average Bonchev–Trinajstić information content (AvgIpc) is 2.25. The van der Waals surface area contributed by atoms with E-state index in [9.17, 15) is 8.78 Å². The van der Waals surface area contributed by atoms with Crippen molar-refractivity contribution in [3.05, 3.63) is 23.9 Å². The highest BCUT2D eigenvalue weighted by atomic mass is 19.3. The minimum absolute atomic E-state index is 0.0906. The smallest absolute Gasteiger partial charge is 0.252 e. The van der Waals surface area contributed by atoms with Crippen LogP contribution in [0.15, 0.2) is 18.2 Å². The van der Waals surface area contributed by atoms with Crippen LogP contribution in [0.3, 0.4) is 0 Å². The number of nitrogens with zero attached hydrogens (tertiary/aromatic N) is 1. The maximum absolute atomic E-state index is 12.8. The summed E-state index contributed by atoms with van der Waals surface area (Å²) in [5.41, 5.74) is 1.06. The second kappa shape index (κ2) is 5.64. The first-order valence-electron chi connectivity index (χ1n) is 7.09. The summed E-state index contributed by atoms with van der Waals surface area (Å²) >= 11 is 0. The topological polar surface area (TPSA) is 37.0 Å². The van der Waals surface area contributed by atoms with E-state index in [1.807, 2.05) is 18.2 Å². The Labute approximate surface area is 119 Å². The van der Waals surface area contributed by atoms with Crippen molar-refractivity contribution in [2.75, 3.05) is 11.9 Å². The summed E-state index contributed by atoms with van der Waals surface area (Å²) in [7, 11) is 0. The molecule has 1 fully saturated rings. The van der Waals surface area contributed by atoms with Gasteiger partial charge in [0.2, 0.25) is 0 Å². The molecule has 20 heavy (non-hydrogen) atoms. The van der Waals surface area contributed by atoms with Gasteiger partial charge in [0.25, 0.3) is 5.92 Å². The van der Waals surface area contributed by atoms with Gasteiger partial charge in [0.1, 0.15) is 5.82 Å². The highest BCUT2D eigenvalue weighted by Crippen LogP contribution is 2.38. The van der Waals surface area contributed by atoms with Crippen molar-refractivity contribution in [3.63, 3.8) is 0 Å². The SMILES string of the molecule is CC(C)(C)NCCc1cccc(NC2CC(F)(F)C2)n1. The van der Waals surface area contributed by atoms with Crippen LogP contribution in [-0.4, -0.2) is 29.0 Å². The van der Waals surface area contributed by atoms with E-state index in [2.05, 4.69) is 36.4 Å². The first-order valence-corrected chi connectivity index (χ1v) is 7.09. The zero-order valence-electron chi connectivity index (χ0n) is 12.3. The molecule has 2 N–H and O–H groups in total. The Morgan fingerprint density at radius 2 is 2.00 bits per heavy atom. The van der Waals surface area contributed by atoms with Gasteiger partial charge in [-0.1, -0.05) is 6.07 Å². The molecule has 0 spiro atoms. The van der Waals surface area contributed by atoms with Gasteiger partial charge in [-0.25, -0.2) is 13.8 Å². The van der Waals surface area contributed by atoms with E-state index >= 15 is 0 Å². The molecular formula is C15H23F2N3. The largest absolute Gasteiger partial charge is 0.367 e. The Balaban J connectivity index is 1.82. The van der Waals surface area contributed by atoms with Gasteiger partial charge in [-0.15, -0.1) is 0 Å². The van der Waals surface area contributed by atoms with Crippen LogP contribution in [0.1, 0.15) is 39.3 Å². The molecule has 0 radical (unpaired) electrons. The fourth-order valence-electron chi connectivity index (χ4n) is 2.24. The van der Waals surface area contributed by atoms with Gasteiger partial charge >= 0.3 is 0 Å². The van der Waals surface area contributed by atoms with E-state index in [0.717, 1.165) is 18.7 Å². The van der Waals surface area contributed by atoms with E-state index < -0.39 is 5.92 Å². The van der Waals surface area contributed by atoms with Gasteiger partial charge < -0.3 is 10.6 Å². The van der Waals surface area contributed by atoms with E-state index in [4.69, 9.17) is 0 Å². The summed E-state index contributed by atoms with van der Waals surface area (Å²) in [6, 6.07) is 5.56. The van der Waals surface area contributed by atoms with Crippen LogP contribution in [0.5, 0.6) is 0 Å². The van der Waals surface area contributed by atoms with E-state index in [-0.39, 0.29) is 24.4 Å². The maximum atomic E-state index is 12.8. The normalized spacial score (nSPS) is 18.6. The molecule has 0 atom stereocenters. The predicted octanol–water partition coefficient (Wildman–Crippen LogP) is 3.22. The molecule has 5 heteroatoms. The fraction of sp³-hybridized carbons (Fsp3) is 0.667. The van der Waals surface area contributed by atoms with Gasteiger partial charge in [0.15, 0.2) is 0 Å². The first-order chi connectivity index (χ1) is 9.23. The minimum atomic E-state index is -2.49. The highest BCUT2D eigenvalue weighted by Gasteiger charge is 2.45. The number of halogens is 2. The average molecular weight is 283 g/mol. The molecule has 1 aliphatic carbocycles. The lowest BCUT2D eigenvalue weighted by molar-refractivity contribution is -0.0794. The van der Waals surface area contributed by atoms with Crippen molar-refractivity contribution in [1.82, 2.24) is 10.3 Å². The quantitative estimate of drug-likeness (QED) is 0.871. The van der Waals surface area contributed by atoms with E-state index in [1.165, 1.54) is 0 Å². The summed E-state index contributed by atoms with van der Waals surface area (Å²) < 4.78 is 25.6. The summed E-state index contributed by atoms with van der Waals surface area (Å²) in [5, 5.41) is 6.47. The molecule has 1 saturated carbocycles. The summed E-state index contributed by atoms with van der Waals surface area (Å²) in [4.78, 5) is 4.47. The van der Waals surface area contributed by atoms with Crippen LogP contribution in [0, 0.1) is 0 Å². The number of aromatic nitrogens is 1. The van der Waals surface area contributed by atoms with Crippen molar-refractivity contribution in [1.29, 1.82) is 0 Å². The molecule has 0 unspecified atom stereocenters. The van der Waals surface area contributed by atoms with E-state index in [1.54, 1.807) is 0 Å². The third kappa shape index (κ3) is 4.71. The van der Waals surface area contributed by atoms with Gasteiger partial charge in [0.05, 0.1) is 0 Å². The molecule has 1 aromatic heterocycles. The Bertz CT molecular complexity index is 447. The molecule has 0 aromatic carbocycles. The molecule has 1 heterocycles. The van der Waals surface area contributed by atoms with Crippen LogP contribution >= 0.6 is 0 Å². The van der Waals surface area contributed by atoms with Crippen molar-refractivity contribution in [2.45, 2.75) is 57.5 Å². The molecule has 1 aliphatic rings. The Hall–Kier alpha value is -1.23. The first kappa shape index (κ1) is 15.2. The summed E-state index contributed by atoms with van der Waals surface area (Å²) in [6.45, 7) is 7.21. The Kier molecular flexibility index (Phi) is 4.28. The number of alkyl halides is 2. The third-order valence-corrected chi connectivity index (χ3v) is 3.29. The van der Waals surface area contributed by atoms with Crippen LogP contribution in [-0.2, 0) is 6.42 Å². The predicted molar refractivity (Wildman–Crippen MR) is 77.3 cm³/mol. The Morgan fingerprint density at radius 1 is 1.30 bits per heavy atom. The molecule has 0 aliphatic heterocycles. The summed E-state index contributed by atoms with van der Waals surface area (Å²) in [6.07, 6.45) is 0.641. The molecule has 0 amide bonds. The molecule has 0 saturated heterocycles. The lowest BCUT2D eigenvalue weighted by atomic mass is 9.88. The molecule has 112 valence electrons. The lowest BCUT2D eigenvalue weighted by Crippen LogP contribution is -2.44. The summed E-state index contributed by atoms with van der Waals surface area (Å²) in [5.74, 6) is -1.80. The number of anilines is 1. The number of hydrogen-bond acceptors (Lipinski definition) is 3. The van der Waals surface area contributed by atoms with Crippen LogP contribution in [0.4, 0.5) is 14.6 Å². The number of nitrogens with one attached hydrogen (secondary N) is 2. The van der Waals surface area contributed by atoms with Crippen molar-refractivity contribution in [2.24, 2.45) is 0 Å². The van der Waals surface area contributed by atoms with Gasteiger partial charge in [0, 0.05) is 43.1 Å². The number of rotatable bonds is 5. The number of pyridine rings is 1. The maximum Gasteiger partial charge on any atom is 0.252 e. The van der Waals surface area contributed by atoms with Crippen LogP contribution < -0.4 is 10.6 Å². The fourth-order valence-corrected chi connectivity index (χ4v) is 2.24. The van der Waals surface area contributed by atoms with Crippen molar-refractivity contribution >= 4 is 5.82 Å². The van der Waals surface area contributed by atoms with Gasteiger partial charge in [-0.3, -0.25) is 0 Å². The van der Waals surface area contributed by atoms with Crippen molar-refractivity contribution in [3.8, 4) is 0 Å². The second-order valence-corrected chi connectivity index (χ2v) is 6.55. The molecular weight excluding hydrogens is 260 g/mol. The second-order valence-electron chi connectivity index (χ2n) is 6.55. The standard InChI is InChI=1S/C15H23F2N3/c1-14(2,3)18-8-7-11-5-4-6-13(19-11)20-12-9-15(16,17)10-12/h4-6,12,18H,7-10H2,1-3H3,(H,19,20). The van der Waals surface area contributed by atoms with E-state index in [0.29, 0.717) is 5.82 Å². The van der Waals surface area contributed by atoms with Gasteiger partial charge in [-0.2, -0.15) is 0 Å². The zero-order valence-corrected chi connectivity index (χ0v) is 12.3. The van der Waals surface area contributed by atoms with Crippen LogP contribution in [0.2, 0.25) is 0 Å². The zero-order chi connectivity index (χ0) is 14.8. The van der Waals surface area contributed by atoms with Gasteiger partial charge in [-0.05, 0) is 32.9 Å². The third-order valence-electron chi connectivity index (χ3n) is 3.29. The minimum Gasteiger partial charge on any atom is -0.367 e. The lowest BCUT2D eigenvalue weighted by Gasteiger charge is -2.35. The molecule has 0 bridgehead atoms. The molecule has 3 nitrogen and oxygen atoms in total. The number of hydrogen-bond donors (Lipinski definition) is 2. The highest BCUT2D eigenvalue weighted by molar-refractivity contribution is 5.37. The Morgan fingerprint density at radius 3 is 2.60 bits per heavy atom. The molecule has 2 rings (SSSR count). The molecule has 1 aromatic rings. The van der Waals surface area contributed by atoms with Crippen LogP contribution in [0.25, 0.3) is 0 Å².